The van der Waals surface area contributed by atoms with Gasteiger partial charge >= 0.3 is 0 Å². The summed E-state index contributed by atoms with van der Waals surface area (Å²) >= 11 is 0.752. The topological polar surface area (TPSA) is 92.5 Å². The summed E-state index contributed by atoms with van der Waals surface area (Å²) in [4.78, 5) is 42.4. The van der Waals surface area contributed by atoms with Crippen molar-refractivity contribution >= 4 is 34.9 Å². The molecule has 1 aromatic heterocycles. The summed E-state index contributed by atoms with van der Waals surface area (Å²) in [5.74, 6) is -0.122. The predicted octanol–water partition coefficient (Wildman–Crippen LogP) is 4.88. The first-order valence-electron chi connectivity index (χ1n) is 11.1. The van der Waals surface area contributed by atoms with Gasteiger partial charge in [0.15, 0.2) is 11.7 Å². The molecule has 9 heteroatoms. The monoisotopic (exact) mass is 493 g/mol. The summed E-state index contributed by atoms with van der Waals surface area (Å²) in [6.07, 6.45) is 3.49. The van der Waals surface area contributed by atoms with Gasteiger partial charge in [-0.3, -0.25) is 19.3 Å². The summed E-state index contributed by atoms with van der Waals surface area (Å²) < 4.78 is 19.6. The summed E-state index contributed by atoms with van der Waals surface area (Å²) in [6.45, 7) is 4.21. The molecule has 1 saturated heterocycles. The first-order valence-corrected chi connectivity index (χ1v) is 11.9. The molecule has 2 aromatic carbocycles. The Kier molecular flexibility index (Phi) is 7.45. The van der Waals surface area contributed by atoms with Crippen LogP contribution in [0.15, 0.2) is 58.0 Å². The van der Waals surface area contributed by atoms with Crippen molar-refractivity contribution in [2.45, 2.75) is 26.7 Å². The van der Waals surface area contributed by atoms with E-state index in [2.05, 4.69) is 10.3 Å². The molecule has 0 aliphatic carbocycles. The number of oxazole rings is 1. The van der Waals surface area contributed by atoms with E-state index in [9.17, 15) is 18.8 Å². The van der Waals surface area contributed by atoms with Crippen LogP contribution >= 0.6 is 11.8 Å². The molecule has 0 saturated carbocycles. The van der Waals surface area contributed by atoms with Crippen molar-refractivity contribution in [1.82, 2.24) is 15.2 Å². The molecule has 35 heavy (non-hydrogen) atoms. The van der Waals surface area contributed by atoms with E-state index in [4.69, 9.17) is 4.42 Å². The highest BCUT2D eigenvalue weighted by molar-refractivity contribution is 8.18. The Labute approximate surface area is 206 Å². The molecule has 1 fully saturated rings. The standard InChI is InChI=1S/C26H24FN3O4S/c1-16-7-8-19(13-17(16)2)21-15-29-24(34-21)10-9-23(31)28-11-12-30-25(32)22(35-26(30)33)14-18-5-3-4-6-20(18)27/h3-8,13-15H,9-12H2,1-2H3,(H,28,31)/b22-14-. The van der Waals surface area contributed by atoms with Gasteiger partial charge in [-0.1, -0.05) is 30.3 Å². The summed E-state index contributed by atoms with van der Waals surface area (Å²) in [5, 5.41) is 2.25. The number of halogens is 1. The van der Waals surface area contributed by atoms with Crippen molar-refractivity contribution in [3.8, 4) is 11.3 Å². The average molecular weight is 494 g/mol. The Morgan fingerprint density at radius 1 is 1.17 bits per heavy atom. The van der Waals surface area contributed by atoms with Crippen molar-refractivity contribution in [1.29, 1.82) is 0 Å². The van der Waals surface area contributed by atoms with Crippen LogP contribution in [-0.2, 0) is 16.0 Å². The van der Waals surface area contributed by atoms with E-state index in [1.807, 2.05) is 32.0 Å². The Hall–Kier alpha value is -3.72. The molecule has 0 atom stereocenters. The van der Waals surface area contributed by atoms with Crippen LogP contribution in [0.5, 0.6) is 0 Å². The second-order valence-electron chi connectivity index (χ2n) is 8.12. The molecule has 0 unspecified atom stereocenters. The van der Waals surface area contributed by atoms with Crippen molar-refractivity contribution < 1.29 is 23.2 Å². The van der Waals surface area contributed by atoms with Crippen molar-refractivity contribution in [2.75, 3.05) is 13.1 Å². The average Bonchev–Trinajstić information content (AvgIpc) is 3.41. The quantitative estimate of drug-likeness (QED) is 0.450. The molecular weight excluding hydrogens is 469 g/mol. The van der Waals surface area contributed by atoms with E-state index >= 15 is 0 Å². The molecule has 0 bridgehead atoms. The molecule has 3 aromatic rings. The van der Waals surface area contributed by atoms with E-state index in [0.29, 0.717) is 18.1 Å². The highest BCUT2D eigenvalue weighted by Crippen LogP contribution is 2.32. The van der Waals surface area contributed by atoms with Crippen LogP contribution in [-0.4, -0.2) is 40.0 Å². The molecular formula is C26H24FN3O4S. The lowest BCUT2D eigenvalue weighted by Crippen LogP contribution is -2.37. The van der Waals surface area contributed by atoms with Gasteiger partial charge in [-0.2, -0.15) is 0 Å². The fourth-order valence-corrected chi connectivity index (χ4v) is 4.35. The SMILES string of the molecule is Cc1ccc(-c2cnc(CCC(=O)NCCN3C(=O)S/C(=C\c4ccccc4F)C3=O)o2)cc1C. The lowest BCUT2D eigenvalue weighted by Gasteiger charge is -2.12. The number of hydrogen-bond donors (Lipinski definition) is 1. The number of amides is 3. The number of imide groups is 1. The third kappa shape index (κ3) is 5.86. The number of nitrogens with zero attached hydrogens (tertiary/aromatic N) is 2. The highest BCUT2D eigenvalue weighted by Gasteiger charge is 2.34. The van der Waals surface area contributed by atoms with Gasteiger partial charge in [-0.25, -0.2) is 9.37 Å². The smallest absolute Gasteiger partial charge is 0.293 e. The number of carbonyl (C=O) groups excluding carboxylic acids is 3. The van der Waals surface area contributed by atoms with Gasteiger partial charge in [0.25, 0.3) is 11.1 Å². The Balaban J connectivity index is 1.25. The number of aryl methyl sites for hydroxylation is 3. The van der Waals surface area contributed by atoms with Crippen LogP contribution in [0.4, 0.5) is 9.18 Å². The van der Waals surface area contributed by atoms with Crippen LogP contribution in [0.1, 0.15) is 29.0 Å². The lowest BCUT2D eigenvalue weighted by molar-refractivity contribution is -0.124. The Morgan fingerprint density at radius 2 is 1.97 bits per heavy atom. The highest BCUT2D eigenvalue weighted by atomic mass is 32.2. The van der Waals surface area contributed by atoms with Crippen LogP contribution < -0.4 is 5.32 Å². The van der Waals surface area contributed by atoms with Crippen LogP contribution in [0, 0.1) is 19.7 Å². The summed E-state index contributed by atoms with van der Waals surface area (Å²) in [5.41, 5.74) is 3.51. The van der Waals surface area contributed by atoms with Gasteiger partial charge in [-0.05, 0) is 54.9 Å². The molecule has 3 amide bonds. The van der Waals surface area contributed by atoms with Gasteiger partial charge in [0.05, 0.1) is 11.1 Å². The molecule has 180 valence electrons. The number of thioether (sulfide) groups is 1. The maximum Gasteiger partial charge on any atom is 0.293 e. The Bertz CT molecular complexity index is 1320. The van der Waals surface area contributed by atoms with Crippen LogP contribution in [0.2, 0.25) is 0 Å². The lowest BCUT2D eigenvalue weighted by atomic mass is 10.1. The predicted molar refractivity (Wildman–Crippen MR) is 132 cm³/mol. The molecule has 0 radical (unpaired) electrons. The minimum Gasteiger partial charge on any atom is -0.441 e. The first-order chi connectivity index (χ1) is 16.8. The van der Waals surface area contributed by atoms with Crippen LogP contribution in [0.3, 0.4) is 0 Å². The van der Waals surface area contributed by atoms with E-state index in [0.717, 1.165) is 27.8 Å². The zero-order chi connectivity index (χ0) is 24.9. The van der Waals surface area contributed by atoms with Gasteiger partial charge in [-0.15, -0.1) is 0 Å². The largest absolute Gasteiger partial charge is 0.441 e. The van der Waals surface area contributed by atoms with E-state index in [1.54, 1.807) is 18.3 Å². The number of rotatable bonds is 8. The third-order valence-corrected chi connectivity index (χ3v) is 6.54. The zero-order valence-electron chi connectivity index (χ0n) is 19.3. The summed E-state index contributed by atoms with van der Waals surface area (Å²) in [6, 6.07) is 12.0. The minimum atomic E-state index is -0.504. The van der Waals surface area contributed by atoms with Crippen molar-refractivity contribution in [2.24, 2.45) is 0 Å². The van der Waals surface area contributed by atoms with Gasteiger partial charge in [0, 0.05) is 37.1 Å². The Morgan fingerprint density at radius 3 is 2.74 bits per heavy atom. The number of hydrogen-bond acceptors (Lipinski definition) is 6. The molecule has 7 nitrogen and oxygen atoms in total. The van der Waals surface area contributed by atoms with E-state index in [-0.39, 0.29) is 35.9 Å². The molecule has 1 N–H and O–H groups in total. The van der Waals surface area contributed by atoms with E-state index < -0.39 is 17.0 Å². The van der Waals surface area contributed by atoms with Gasteiger partial charge in [0.1, 0.15) is 5.82 Å². The number of benzene rings is 2. The fraction of sp³-hybridized carbons (Fsp3) is 0.231. The van der Waals surface area contributed by atoms with E-state index in [1.165, 1.54) is 23.8 Å². The second kappa shape index (κ2) is 10.7. The van der Waals surface area contributed by atoms with Crippen molar-refractivity contribution in [3.05, 3.63) is 82.0 Å². The molecule has 1 aliphatic rings. The molecule has 1 aliphatic heterocycles. The normalized spacial score (nSPS) is 14.7. The molecule has 2 heterocycles. The summed E-state index contributed by atoms with van der Waals surface area (Å²) in [7, 11) is 0. The molecule has 4 rings (SSSR count). The number of carbonyl (C=O) groups is 3. The van der Waals surface area contributed by atoms with Crippen LogP contribution in [0.25, 0.3) is 17.4 Å². The fourth-order valence-electron chi connectivity index (χ4n) is 3.50. The maximum absolute atomic E-state index is 13.8. The second-order valence-corrected chi connectivity index (χ2v) is 9.12. The first kappa shape index (κ1) is 24.4. The number of nitrogens with one attached hydrogen (secondary N) is 1. The minimum absolute atomic E-state index is 0.0287. The maximum atomic E-state index is 13.8. The van der Waals surface area contributed by atoms with Gasteiger partial charge < -0.3 is 9.73 Å². The third-order valence-electron chi connectivity index (χ3n) is 5.63. The van der Waals surface area contributed by atoms with Gasteiger partial charge in [0.2, 0.25) is 5.91 Å². The number of aromatic nitrogens is 1. The van der Waals surface area contributed by atoms with Crippen molar-refractivity contribution in [3.63, 3.8) is 0 Å². The molecule has 0 spiro atoms. The zero-order valence-corrected chi connectivity index (χ0v) is 20.2.